The van der Waals surface area contributed by atoms with Crippen molar-refractivity contribution in [1.29, 1.82) is 0 Å². The van der Waals surface area contributed by atoms with Gasteiger partial charge in [-0.25, -0.2) is 0 Å². The van der Waals surface area contributed by atoms with Crippen LogP contribution in [0.1, 0.15) is 0 Å². The molecule has 0 spiro atoms. The van der Waals surface area contributed by atoms with Gasteiger partial charge in [0.1, 0.15) is 0 Å². The molecule has 0 aliphatic rings. The van der Waals surface area contributed by atoms with Crippen LogP contribution in [0.3, 0.4) is 0 Å². The minimum atomic E-state index is 0.198. The Morgan fingerprint density at radius 1 is 1.20 bits per heavy atom. The van der Waals surface area contributed by atoms with Crippen LogP contribution in [0.25, 0.3) is 0 Å². The molecule has 3 heteroatoms. The second-order valence-electron chi connectivity index (χ2n) is 0.510. The molecule has 0 aromatic carbocycles. The Balaban J connectivity index is 2.19. The predicted octanol–water partition coefficient (Wildman–Crippen LogP) is 1.05. The average molecular weight is 300 g/mol. The summed E-state index contributed by atoms with van der Waals surface area (Å²) in [7, 11) is 0. The standard InChI is InChI=1S/2CH3.S.2Sn/h2*1H3;;;/q;;;2*+1. The molecule has 0 N–H and O–H groups in total. The maximum absolute atomic E-state index is 2.39. The van der Waals surface area contributed by atoms with Crippen molar-refractivity contribution in [2.45, 2.75) is 9.88 Å². The van der Waals surface area contributed by atoms with Gasteiger partial charge in [0.05, 0.1) is 0 Å². The summed E-state index contributed by atoms with van der Waals surface area (Å²) in [6.45, 7) is 0. The summed E-state index contributed by atoms with van der Waals surface area (Å²) in [4.78, 5) is 4.77. The van der Waals surface area contributed by atoms with E-state index in [1.165, 1.54) is 0 Å². The molecule has 5 heavy (non-hydrogen) atoms. The van der Waals surface area contributed by atoms with Crippen LogP contribution in [0.4, 0.5) is 0 Å². The van der Waals surface area contributed by atoms with Crippen LogP contribution in [-0.2, 0) is 0 Å². The first-order valence-corrected chi connectivity index (χ1v) is 14.9. The Morgan fingerprint density at radius 2 is 1.60 bits per heavy atom. The number of hydrogen-bond acceptors (Lipinski definition) is 1. The van der Waals surface area contributed by atoms with Gasteiger partial charge in [-0.3, -0.25) is 0 Å². The summed E-state index contributed by atoms with van der Waals surface area (Å²) in [6.07, 6.45) is 2.30. The van der Waals surface area contributed by atoms with E-state index in [9.17, 15) is 0 Å². The molecule has 0 heterocycles. The molecule has 0 aliphatic heterocycles. The molecule has 0 saturated heterocycles. The molecule has 0 atom stereocenters. The molecule has 0 bridgehead atoms. The predicted molar refractivity (Wildman–Crippen MR) is 30.8 cm³/mol. The second-order valence-corrected chi connectivity index (χ2v) is 22.0. The van der Waals surface area contributed by atoms with Crippen molar-refractivity contribution in [1.82, 2.24) is 0 Å². The Kier molecular flexibility index (Phi) is 8.26. The monoisotopic (exact) mass is 302 g/mol. The molecule has 0 aromatic heterocycles. The molecule has 26 valence electrons. The van der Waals surface area contributed by atoms with Crippen LogP contribution >= 0.6 is 6.13 Å². The van der Waals surface area contributed by atoms with Crippen LogP contribution in [-0.4, -0.2) is 39.5 Å². The van der Waals surface area contributed by atoms with E-state index in [-0.39, 0.29) is 39.5 Å². The zero-order chi connectivity index (χ0) is 4.12. The summed E-state index contributed by atoms with van der Waals surface area (Å²) in [5.74, 6) is 0. The van der Waals surface area contributed by atoms with Crippen LogP contribution in [0.15, 0.2) is 0 Å². The van der Waals surface area contributed by atoms with E-state index in [2.05, 4.69) is 16.0 Å². The first kappa shape index (κ1) is 6.95. The van der Waals surface area contributed by atoms with E-state index in [1.54, 1.807) is 0 Å². The van der Waals surface area contributed by atoms with E-state index >= 15 is 0 Å². The van der Waals surface area contributed by atoms with Crippen molar-refractivity contribution in [2.24, 2.45) is 0 Å². The summed E-state index contributed by atoms with van der Waals surface area (Å²) >= 11 is 0.396. The first-order valence-electron chi connectivity index (χ1n) is 1.41. The van der Waals surface area contributed by atoms with Crippen molar-refractivity contribution in [3.63, 3.8) is 0 Å². The van der Waals surface area contributed by atoms with Gasteiger partial charge in [0.25, 0.3) is 0 Å². The number of hydrogen-bond donors (Lipinski definition) is 0. The molecule has 0 aromatic rings. The number of rotatable bonds is 2. The van der Waals surface area contributed by atoms with Gasteiger partial charge in [0.2, 0.25) is 0 Å². The molecule has 0 fully saturated rings. The van der Waals surface area contributed by atoms with Crippen LogP contribution < -0.4 is 0 Å². The first-order chi connectivity index (χ1) is 2.41. The van der Waals surface area contributed by atoms with E-state index in [4.69, 9.17) is 0 Å². The quantitative estimate of drug-likeness (QED) is 0.687. The van der Waals surface area contributed by atoms with Gasteiger partial charge >= 0.3 is 55.5 Å². The molecule has 0 unspecified atom stereocenters. The van der Waals surface area contributed by atoms with Gasteiger partial charge in [-0.2, -0.15) is 0 Å². The molecule has 0 amide bonds. The van der Waals surface area contributed by atoms with E-state index < -0.39 is 0 Å². The minimum absolute atomic E-state index is 0.198. The third kappa shape index (κ3) is 5.95. The Hall–Kier alpha value is 1.95. The fraction of sp³-hybridized carbons (Fsp3) is 1.00. The van der Waals surface area contributed by atoms with Gasteiger partial charge in [-0.1, -0.05) is 0 Å². The Bertz CT molecular complexity index is 15.1. The maximum atomic E-state index is 2.39. The van der Waals surface area contributed by atoms with Crippen LogP contribution in [0, 0.1) is 0 Å². The van der Waals surface area contributed by atoms with Crippen LogP contribution in [0.2, 0.25) is 9.88 Å². The fourth-order valence-electron chi connectivity index (χ4n) is 0.102. The van der Waals surface area contributed by atoms with Crippen molar-refractivity contribution < 1.29 is 0 Å². The Morgan fingerprint density at radius 3 is 1.60 bits per heavy atom. The molecular weight excluding hydrogens is 294 g/mol. The molecule has 0 nitrogen and oxygen atoms in total. The normalized spacial score (nSPS) is 6.80. The molecule has 0 aliphatic carbocycles. The molecular formula is C2H6SSn2+2. The zero-order valence-electron chi connectivity index (χ0n) is 3.41. The summed E-state index contributed by atoms with van der Waals surface area (Å²) in [5, 5.41) is 0. The third-order valence-electron chi connectivity index (χ3n) is 0.204. The molecule has 0 rings (SSSR count). The average Bonchev–Trinajstić information content (AvgIpc) is 1.41. The molecule has 0 saturated carbocycles. The summed E-state index contributed by atoms with van der Waals surface area (Å²) in [6, 6.07) is 0. The van der Waals surface area contributed by atoms with Gasteiger partial charge in [-0.15, -0.1) is 0 Å². The van der Waals surface area contributed by atoms with Gasteiger partial charge < -0.3 is 0 Å². The van der Waals surface area contributed by atoms with E-state index in [1.807, 2.05) is 0 Å². The van der Waals surface area contributed by atoms with Crippen molar-refractivity contribution in [2.75, 3.05) is 0 Å². The zero-order valence-corrected chi connectivity index (χ0v) is 9.93. The van der Waals surface area contributed by atoms with Crippen molar-refractivity contribution >= 4 is 45.6 Å². The summed E-state index contributed by atoms with van der Waals surface area (Å²) < 4.78 is 0. The third-order valence-corrected chi connectivity index (χ3v) is 27.6. The Labute approximate surface area is 54.8 Å². The second kappa shape index (κ2) is 5.95. The van der Waals surface area contributed by atoms with Crippen molar-refractivity contribution in [3.05, 3.63) is 0 Å². The van der Waals surface area contributed by atoms with Gasteiger partial charge in [-0.05, 0) is 0 Å². The fourth-order valence-corrected chi connectivity index (χ4v) is 13.8. The van der Waals surface area contributed by atoms with E-state index in [0.717, 1.165) is 0 Å². The van der Waals surface area contributed by atoms with Crippen LogP contribution in [0.5, 0.6) is 0 Å². The molecule has 2 radical (unpaired) electrons. The SMILES string of the molecule is [CH3][Sn+][S][Sn+][CH3]. The van der Waals surface area contributed by atoms with Gasteiger partial charge in [0.15, 0.2) is 0 Å². The van der Waals surface area contributed by atoms with E-state index in [0.29, 0.717) is 0 Å². The van der Waals surface area contributed by atoms with Gasteiger partial charge in [0, 0.05) is 0 Å². The van der Waals surface area contributed by atoms with Crippen molar-refractivity contribution in [3.8, 4) is 0 Å². The summed E-state index contributed by atoms with van der Waals surface area (Å²) in [5.41, 5.74) is 0. The topological polar surface area (TPSA) is 0 Å².